The fourth-order valence-corrected chi connectivity index (χ4v) is 4.45. The minimum Gasteiger partial charge on any atom is -0.350 e. The highest BCUT2D eigenvalue weighted by molar-refractivity contribution is 5.81. The lowest BCUT2D eigenvalue weighted by atomic mass is 9.87. The number of imidazole rings is 1. The van der Waals surface area contributed by atoms with Gasteiger partial charge >= 0.3 is 0 Å². The van der Waals surface area contributed by atoms with Gasteiger partial charge in [0.15, 0.2) is 0 Å². The maximum absolute atomic E-state index is 12.8. The smallest absolute Gasteiger partial charge is 0.228 e. The standard InChI is InChI=1S/C19H25N7O2/c1-12-16(21-11-20-12)7-17(27)25-9-14(10-25)19(3-4-19)23-18(28)13-2-5-26-15(6-13)8-22-24-26/h8,11,13-14H,2-7,9-10H2,1H3,(H,20,21)(H,23,28). The Labute approximate surface area is 162 Å². The Morgan fingerprint density at radius 3 is 2.89 bits per heavy atom. The minimum absolute atomic E-state index is 0.0103. The van der Waals surface area contributed by atoms with Crippen molar-refractivity contribution in [2.45, 2.75) is 51.1 Å². The van der Waals surface area contributed by atoms with Crippen molar-refractivity contribution in [1.29, 1.82) is 0 Å². The van der Waals surface area contributed by atoms with Crippen LogP contribution in [0.25, 0.3) is 0 Å². The van der Waals surface area contributed by atoms with Gasteiger partial charge in [-0.15, -0.1) is 5.10 Å². The number of carbonyl (C=O) groups excluding carboxylic acids is 2. The number of hydrogen-bond donors (Lipinski definition) is 2. The molecule has 1 aliphatic carbocycles. The summed E-state index contributed by atoms with van der Waals surface area (Å²) in [6, 6.07) is 0. The van der Waals surface area contributed by atoms with E-state index in [-0.39, 0.29) is 23.3 Å². The number of aromatic amines is 1. The predicted molar refractivity (Wildman–Crippen MR) is 99.0 cm³/mol. The highest BCUT2D eigenvalue weighted by Gasteiger charge is 2.55. The molecule has 0 aromatic carbocycles. The first-order chi connectivity index (χ1) is 13.5. The SMILES string of the molecule is Cc1[nH]cnc1CC(=O)N1CC(C2(NC(=O)C3CCn4nncc4C3)CC2)C1. The maximum Gasteiger partial charge on any atom is 0.228 e. The molecule has 4 heterocycles. The van der Waals surface area contributed by atoms with E-state index >= 15 is 0 Å². The zero-order valence-electron chi connectivity index (χ0n) is 16.0. The second-order valence-corrected chi connectivity index (χ2v) is 8.43. The van der Waals surface area contributed by atoms with Crippen LogP contribution in [0.4, 0.5) is 0 Å². The first-order valence-electron chi connectivity index (χ1n) is 10.00. The van der Waals surface area contributed by atoms with Crippen LogP contribution in [0.15, 0.2) is 12.5 Å². The number of nitrogens with zero attached hydrogens (tertiary/aromatic N) is 5. The third-order valence-electron chi connectivity index (χ3n) is 6.64. The van der Waals surface area contributed by atoms with E-state index in [0.29, 0.717) is 18.8 Å². The number of rotatable bonds is 5. The molecule has 0 bridgehead atoms. The number of carbonyl (C=O) groups is 2. The van der Waals surface area contributed by atoms with E-state index in [4.69, 9.17) is 0 Å². The highest BCUT2D eigenvalue weighted by atomic mass is 16.2. The first-order valence-corrected chi connectivity index (χ1v) is 10.00. The molecule has 1 unspecified atom stereocenters. The third kappa shape index (κ3) is 2.98. The largest absolute Gasteiger partial charge is 0.350 e. The summed E-state index contributed by atoms with van der Waals surface area (Å²) < 4.78 is 1.88. The average molecular weight is 383 g/mol. The summed E-state index contributed by atoms with van der Waals surface area (Å²) in [6.45, 7) is 4.13. The molecule has 2 aliphatic heterocycles. The van der Waals surface area contributed by atoms with E-state index in [1.165, 1.54) is 0 Å². The Morgan fingerprint density at radius 1 is 1.36 bits per heavy atom. The molecule has 28 heavy (non-hydrogen) atoms. The Morgan fingerprint density at radius 2 is 2.18 bits per heavy atom. The van der Waals surface area contributed by atoms with E-state index in [1.807, 2.05) is 16.5 Å². The number of nitrogens with one attached hydrogen (secondary N) is 2. The monoisotopic (exact) mass is 383 g/mol. The number of aryl methyl sites for hydroxylation is 2. The Kier molecular flexibility index (Phi) is 3.99. The van der Waals surface area contributed by atoms with Gasteiger partial charge in [0.1, 0.15) is 0 Å². The third-order valence-corrected chi connectivity index (χ3v) is 6.64. The van der Waals surface area contributed by atoms with Gasteiger partial charge in [0.05, 0.1) is 30.3 Å². The molecule has 2 amide bonds. The number of aromatic nitrogens is 5. The van der Waals surface area contributed by atoms with Crippen molar-refractivity contribution < 1.29 is 9.59 Å². The summed E-state index contributed by atoms with van der Waals surface area (Å²) in [4.78, 5) is 34.4. The van der Waals surface area contributed by atoms with E-state index in [1.54, 1.807) is 12.5 Å². The summed E-state index contributed by atoms with van der Waals surface area (Å²) in [5.41, 5.74) is 2.69. The van der Waals surface area contributed by atoms with Gasteiger partial charge in [0.2, 0.25) is 11.8 Å². The Hall–Kier alpha value is -2.71. The Balaban J connectivity index is 1.14. The summed E-state index contributed by atoms with van der Waals surface area (Å²) >= 11 is 0. The fourth-order valence-electron chi connectivity index (χ4n) is 4.45. The van der Waals surface area contributed by atoms with Crippen LogP contribution in [0.5, 0.6) is 0 Å². The van der Waals surface area contributed by atoms with Crippen LogP contribution in [0.2, 0.25) is 0 Å². The van der Waals surface area contributed by atoms with Crippen molar-refractivity contribution >= 4 is 11.8 Å². The number of hydrogen-bond acceptors (Lipinski definition) is 5. The molecular weight excluding hydrogens is 358 g/mol. The molecule has 2 fully saturated rings. The molecule has 3 aliphatic rings. The molecule has 9 nitrogen and oxygen atoms in total. The van der Waals surface area contributed by atoms with E-state index in [2.05, 4.69) is 25.6 Å². The molecule has 5 rings (SSSR count). The van der Waals surface area contributed by atoms with Gasteiger partial charge < -0.3 is 15.2 Å². The molecule has 0 radical (unpaired) electrons. The number of fused-ring (bicyclic) bond motifs is 1. The molecule has 1 atom stereocenters. The summed E-state index contributed by atoms with van der Waals surface area (Å²) in [7, 11) is 0. The second kappa shape index (κ2) is 6.42. The second-order valence-electron chi connectivity index (χ2n) is 8.43. The molecule has 2 aromatic rings. The normalized spacial score (nSPS) is 23.0. The molecular formula is C19H25N7O2. The van der Waals surface area contributed by atoms with Gasteiger partial charge in [0.25, 0.3) is 0 Å². The van der Waals surface area contributed by atoms with Crippen molar-refractivity contribution in [2.75, 3.05) is 13.1 Å². The van der Waals surface area contributed by atoms with Crippen LogP contribution in [0.1, 0.15) is 36.3 Å². The fraction of sp³-hybridized carbons (Fsp3) is 0.632. The predicted octanol–water partition coefficient (Wildman–Crippen LogP) is 0.222. The quantitative estimate of drug-likeness (QED) is 0.768. The number of H-pyrrole nitrogens is 1. The summed E-state index contributed by atoms with van der Waals surface area (Å²) in [5.74, 6) is 0.601. The number of amides is 2. The van der Waals surface area contributed by atoms with Crippen LogP contribution < -0.4 is 5.32 Å². The van der Waals surface area contributed by atoms with Crippen LogP contribution in [0.3, 0.4) is 0 Å². The van der Waals surface area contributed by atoms with Crippen molar-refractivity contribution in [1.82, 2.24) is 35.2 Å². The van der Waals surface area contributed by atoms with Crippen LogP contribution in [-0.4, -0.2) is 60.3 Å². The van der Waals surface area contributed by atoms with Crippen molar-refractivity contribution in [2.24, 2.45) is 11.8 Å². The average Bonchev–Trinajstić information content (AvgIpc) is 3.05. The summed E-state index contributed by atoms with van der Waals surface area (Å²) in [5, 5.41) is 11.3. The van der Waals surface area contributed by atoms with E-state index in [9.17, 15) is 9.59 Å². The van der Waals surface area contributed by atoms with E-state index < -0.39 is 0 Å². The van der Waals surface area contributed by atoms with Gasteiger partial charge in [-0.2, -0.15) is 0 Å². The molecule has 1 saturated carbocycles. The lowest BCUT2D eigenvalue weighted by Gasteiger charge is -2.44. The number of likely N-dealkylation sites (tertiary alicyclic amines) is 1. The van der Waals surface area contributed by atoms with Gasteiger partial charge in [-0.3, -0.25) is 9.59 Å². The van der Waals surface area contributed by atoms with Gasteiger partial charge in [-0.25, -0.2) is 9.67 Å². The zero-order valence-corrected chi connectivity index (χ0v) is 16.0. The molecule has 0 spiro atoms. The van der Waals surface area contributed by atoms with Crippen LogP contribution >= 0.6 is 0 Å². The van der Waals surface area contributed by atoms with Gasteiger partial charge in [-0.05, 0) is 26.2 Å². The van der Waals surface area contributed by atoms with E-state index in [0.717, 1.165) is 56.0 Å². The molecule has 148 valence electrons. The summed E-state index contributed by atoms with van der Waals surface area (Å²) in [6.07, 6.45) is 7.24. The molecule has 2 aromatic heterocycles. The highest BCUT2D eigenvalue weighted by Crippen LogP contribution is 2.46. The lowest BCUT2D eigenvalue weighted by Crippen LogP contribution is -2.60. The lowest BCUT2D eigenvalue weighted by molar-refractivity contribution is -0.138. The molecule has 2 N–H and O–H groups in total. The molecule has 9 heteroatoms. The van der Waals surface area contributed by atoms with Gasteiger partial charge in [-0.1, -0.05) is 5.21 Å². The van der Waals surface area contributed by atoms with Crippen molar-refractivity contribution in [3.8, 4) is 0 Å². The topological polar surface area (TPSA) is 109 Å². The van der Waals surface area contributed by atoms with Crippen molar-refractivity contribution in [3.63, 3.8) is 0 Å². The van der Waals surface area contributed by atoms with Crippen molar-refractivity contribution in [3.05, 3.63) is 29.6 Å². The first kappa shape index (κ1) is 17.4. The van der Waals surface area contributed by atoms with Gasteiger partial charge in [0, 0.05) is 49.1 Å². The minimum atomic E-state index is -0.105. The zero-order chi connectivity index (χ0) is 19.3. The Bertz CT molecular complexity index is 907. The molecule has 1 saturated heterocycles. The maximum atomic E-state index is 12.8. The van der Waals surface area contributed by atoms with Crippen LogP contribution in [-0.2, 0) is 29.0 Å². The van der Waals surface area contributed by atoms with Crippen LogP contribution in [0, 0.1) is 18.8 Å².